The Morgan fingerprint density at radius 3 is 2.23 bits per heavy atom. The van der Waals surface area contributed by atoms with Crippen LogP contribution < -0.4 is 0 Å². The molecule has 1 nitrogen and oxygen atoms in total. The molecule has 0 aromatic heterocycles. The summed E-state index contributed by atoms with van der Waals surface area (Å²) in [4.78, 5) is 0. The van der Waals surface area contributed by atoms with Gasteiger partial charge in [0.05, 0.1) is 0 Å². The topological polar surface area (TPSA) is 9.23 Å². The van der Waals surface area contributed by atoms with Crippen LogP contribution in [0.15, 0.2) is 25.3 Å². The lowest BCUT2D eigenvalue weighted by Crippen LogP contribution is -2.31. The first kappa shape index (κ1) is 12.7. The van der Waals surface area contributed by atoms with Gasteiger partial charge in [-0.3, -0.25) is 0 Å². The van der Waals surface area contributed by atoms with Gasteiger partial charge in [-0.05, 0) is 38.9 Å². The van der Waals surface area contributed by atoms with Gasteiger partial charge in [-0.2, -0.15) is 0 Å². The predicted molar refractivity (Wildman–Crippen MR) is 62.5 cm³/mol. The minimum Gasteiger partial charge on any atom is -0.414 e. The van der Waals surface area contributed by atoms with E-state index >= 15 is 0 Å². The lowest BCUT2D eigenvalue weighted by Gasteiger charge is -2.25. The van der Waals surface area contributed by atoms with Crippen molar-refractivity contribution in [2.24, 2.45) is 0 Å². The number of rotatable bonds is 7. The zero-order valence-electron chi connectivity index (χ0n) is 9.18. The van der Waals surface area contributed by atoms with Crippen molar-refractivity contribution in [1.82, 2.24) is 0 Å². The molecule has 0 heterocycles. The monoisotopic (exact) mass is 198 g/mol. The molecule has 0 aliphatic heterocycles. The molecule has 0 fully saturated rings. The van der Waals surface area contributed by atoms with E-state index in [0.717, 1.165) is 19.3 Å². The molecule has 1 atom stereocenters. The van der Waals surface area contributed by atoms with Crippen LogP contribution in [0.25, 0.3) is 0 Å². The molecule has 0 saturated heterocycles. The molecule has 0 bridgehead atoms. The van der Waals surface area contributed by atoms with Crippen LogP contribution in [-0.2, 0) is 4.43 Å². The maximum absolute atomic E-state index is 6.00. The third-order valence-electron chi connectivity index (χ3n) is 1.64. The van der Waals surface area contributed by atoms with Crippen LogP contribution in [0.1, 0.15) is 19.3 Å². The standard InChI is InChI=1S/C11H22OSi/c1-6-8-10-11(9-7-2)12-13(3,4)5/h6-7,11H,1-2,8-10H2,3-5H3. The summed E-state index contributed by atoms with van der Waals surface area (Å²) in [5.74, 6) is 0. The molecule has 0 saturated carbocycles. The van der Waals surface area contributed by atoms with Crippen molar-refractivity contribution in [2.45, 2.75) is 45.0 Å². The molecule has 0 aliphatic carbocycles. The fraction of sp³-hybridized carbons (Fsp3) is 0.636. The van der Waals surface area contributed by atoms with E-state index in [1.165, 1.54) is 0 Å². The zero-order valence-corrected chi connectivity index (χ0v) is 10.2. The van der Waals surface area contributed by atoms with E-state index in [0.29, 0.717) is 6.10 Å². The van der Waals surface area contributed by atoms with E-state index in [2.05, 4.69) is 32.8 Å². The molecule has 0 aromatic rings. The van der Waals surface area contributed by atoms with Gasteiger partial charge in [0, 0.05) is 6.10 Å². The molecule has 2 heteroatoms. The molecular formula is C11H22OSi. The van der Waals surface area contributed by atoms with E-state index in [4.69, 9.17) is 4.43 Å². The van der Waals surface area contributed by atoms with E-state index in [-0.39, 0.29) is 0 Å². The Kier molecular flexibility index (Phi) is 6.00. The van der Waals surface area contributed by atoms with Crippen LogP contribution in [0.2, 0.25) is 19.6 Å². The van der Waals surface area contributed by atoms with Gasteiger partial charge in [-0.1, -0.05) is 12.2 Å². The third-order valence-corrected chi connectivity index (χ3v) is 2.68. The van der Waals surface area contributed by atoms with Crippen molar-refractivity contribution < 1.29 is 4.43 Å². The van der Waals surface area contributed by atoms with Crippen LogP contribution >= 0.6 is 0 Å². The largest absolute Gasteiger partial charge is 0.414 e. The predicted octanol–water partition coefficient (Wildman–Crippen LogP) is 3.75. The van der Waals surface area contributed by atoms with Crippen molar-refractivity contribution in [2.75, 3.05) is 0 Å². The second-order valence-electron chi connectivity index (χ2n) is 4.24. The lowest BCUT2D eigenvalue weighted by molar-refractivity contribution is 0.188. The molecule has 0 spiro atoms. The average Bonchev–Trinajstić information content (AvgIpc) is 1.98. The summed E-state index contributed by atoms with van der Waals surface area (Å²) in [5.41, 5.74) is 0. The summed E-state index contributed by atoms with van der Waals surface area (Å²) < 4.78 is 6.00. The molecule has 0 N–H and O–H groups in total. The Bertz CT molecular complexity index is 158. The Morgan fingerprint density at radius 2 is 1.85 bits per heavy atom. The first-order chi connectivity index (χ1) is 5.99. The van der Waals surface area contributed by atoms with Gasteiger partial charge in [-0.15, -0.1) is 13.2 Å². The van der Waals surface area contributed by atoms with Gasteiger partial charge >= 0.3 is 0 Å². The van der Waals surface area contributed by atoms with E-state index in [1.54, 1.807) is 0 Å². The molecular weight excluding hydrogens is 176 g/mol. The molecule has 0 amide bonds. The van der Waals surface area contributed by atoms with Gasteiger partial charge < -0.3 is 4.43 Å². The zero-order chi connectivity index (χ0) is 10.3. The van der Waals surface area contributed by atoms with Crippen LogP contribution in [-0.4, -0.2) is 14.4 Å². The number of hydrogen-bond donors (Lipinski definition) is 0. The van der Waals surface area contributed by atoms with Crippen LogP contribution in [0.4, 0.5) is 0 Å². The van der Waals surface area contributed by atoms with Gasteiger partial charge in [0.2, 0.25) is 0 Å². The van der Waals surface area contributed by atoms with Crippen LogP contribution in [0, 0.1) is 0 Å². The molecule has 1 unspecified atom stereocenters. The highest BCUT2D eigenvalue weighted by Crippen LogP contribution is 2.15. The first-order valence-electron chi connectivity index (χ1n) is 4.89. The third kappa shape index (κ3) is 8.00. The minimum atomic E-state index is -1.39. The van der Waals surface area contributed by atoms with E-state index in [9.17, 15) is 0 Å². The van der Waals surface area contributed by atoms with Crippen molar-refractivity contribution in [1.29, 1.82) is 0 Å². The Morgan fingerprint density at radius 1 is 1.23 bits per heavy atom. The normalized spacial score (nSPS) is 13.8. The average molecular weight is 198 g/mol. The molecule has 76 valence electrons. The molecule has 0 rings (SSSR count). The van der Waals surface area contributed by atoms with Crippen molar-refractivity contribution in [3.63, 3.8) is 0 Å². The van der Waals surface area contributed by atoms with Gasteiger partial charge in [0.1, 0.15) is 0 Å². The highest BCUT2D eigenvalue weighted by Gasteiger charge is 2.19. The summed E-state index contributed by atoms with van der Waals surface area (Å²) >= 11 is 0. The van der Waals surface area contributed by atoms with Crippen LogP contribution in [0.3, 0.4) is 0 Å². The van der Waals surface area contributed by atoms with Crippen molar-refractivity contribution in [3.8, 4) is 0 Å². The number of hydrogen-bond acceptors (Lipinski definition) is 1. The maximum Gasteiger partial charge on any atom is 0.184 e. The Hall–Kier alpha value is -0.343. The van der Waals surface area contributed by atoms with E-state index < -0.39 is 8.32 Å². The summed E-state index contributed by atoms with van der Waals surface area (Å²) in [6.07, 6.45) is 7.29. The second-order valence-corrected chi connectivity index (χ2v) is 8.70. The Labute approximate surface area is 83.6 Å². The van der Waals surface area contributed by atoms with Gasteiger partial charge in [0.25, 0.3) is 0 Å². The highest BCUT2D eigenvalue weighted by molar-refractivity contribution is 6.69. The summed E-state index contributed by atoms with van der Waals surface area (Å²) in [7, 11) is -1.39. The maximum atomic E-state index is 6.00. The van der Waals surface area contributed by atoms with Crippen molar-refractivity contribution in [3.05, 3.63) is 25.3 Å². The smallest absolute Gasteiger partial charge is 0.184 e. The summed E-state index contributed by atoms with van der Waals surface area (Å²) in [5, 5.41) is 0. The molecule has 0 radical (unpaired) electrons. The molecule has 0 aliphatic rings. The molecule has 0 aromatic carbocycles. The summed E-state index contributed by atoms with van der Waals surface area (Å²) in [6, 6.07) is 0. The van der Waals surface area contributed by atoms with Gasteiger partial charge in [-0.25, -0.2) is 0 Å². The van der Waals surface area contributed by atoms with Crippen molar-refractivity contribution >= 4 is 8.32 Å². The quantitative estimate of drug-likeness (QED) is 0.447. The number of allylic oxidation sites excluding steroid dienone is 1. The first-order valence-corrected chi connectivity index (χ1v) is 8.30. The minimum absolute atomic E-state index is 0.349. The molecule has 13 heavy (non-hydrogen) atoms. The van der Waals surface area contributed by atoms with Crippen LogP contribution in [0.5, 0.6) is 0 Å². The fourth-order valence-electron chi connectivity index (χ4n) is 1.21. The van der Waals surface area contributed by atoms with E-state index in [1.807, 2.05) is 12.2 Å². The Balaban J connectivity index is 3.92. The summed E-state index contributed by atoms with van der Waals surface area (Å²) in [6.45, 7) is 14.1. The SMILES string of the molecule is C=CCCC(CC=C)O[Si](C)(C)C. The highest BCUT2D eigenvalue weighted by atomic mass is 28.4. The lowest BCUT2D eigenvalue weighted by atomic mass is 10.1. The fourth-order valence-corrected chi connectivity index (χ4v) is 2.43. The second kappa shape index (κ2) is 6.16. The van der Waals surface area contributed by atoms with Gasteiger partial charge in [0.15, 0.2) is 8.32 Å².